The lowest BCUT2D eigenvalue weighted by atomic mass is 10.3. The summed E-state index contributed by atoms with van der Waals surface area (Å²) in [4.78, 5) is 28.2. The first-order chi connectivity index (χ1) is 12.2. The van der Waals surface area contributed by atoms with Gasteiger partial charge in [-0.1, -0.05) is 0 Å². The van der Waals surface area contributed by atoms with Crippen LogP contribution in [0.5, 0.6) is 5.75 Å². The predicted octanol–water partition coefficient (Wildman–Crippen LogP) is 2.01. The van der Waals surface area contributed by atoms with Crippen molar-refractivity contribution in [2.75, 3.05) is 31.1 Å². The van der Waals surface area contributed by atoms with Crippen molar-refractivity contribution < 1.29 is 9.53 Å². The normalized spacial score (nSPS) is 20.3. The number of imidazole rings is 1. The van der Waals surface area contributed by atoms with Crippen molar-refractivity contribution in [1.29, 1.82) is 0 Å². The molecule has 2 aliphatic rings. The molecule has 7 nitrogen and oxygen atoms in total. The molecule has 0 saturated carbocycles. The Balaban J connectivity index is 1.42. The molecule has 0 spiro atoms. The van der Waals surface area contributed by atoms with Gasteiger partial charge in [0.25, 0.3) is 5.91 Å². The predicted molar refractivity (Wildman–Crippen MR) is 93.9 cm³/mol. The molecule has 1 atom stereocenters. The van der Waals surface area contributed by atoms with E-state index in [1.165, 1.54) is 12.8 Å². The van der Waals surface area contributed by atoms with Crippen molar-refractivity contribution in [3.8, 4) is 5.75 Å². The highest BCUT2D eigenvalue weighted by molar-refractivity contribution is 5.92. The Morgan fingerprint density at radius 3 is 2.88 bits per heavy atom. The summed E-state index contributed by atoms with van der Waals surface area (Å²) in [6.45, 7) is 5.19. The molecule has 0 aromatic carbocycles. The highest BCUT2D eigenvalue weighted by Gasteiger charge is 2.30. The maximum atomic E-state index is 12.5. The van der Waals surface area contributed by atoms with Crippen LogP contribution in [0.3, 0.4) is 0 Å². The van der Waals surface area contributed by atoms with Crippen molar-refractivity contribution >= 4 is 11.7 Å². The molecular weight excluding hydrogens is 318 g/mol. The Hall–Kier alpha value is -2.57. The molecule has 0 aliphatic carbocycles. The zero-order valence-corrected chi connectivity index (χ0v) is 14.4. The topological polar surface area (TPSA) is 74.4 Å². The number of anilines is 1. The van der Waals surface area contributed by atoms with Crippen molar-refractivity contribution in [3.05, 3.63) is 36.0 Å². The minimum absolute atomic E-state index is 0.00137. The summed E-state index contributed by atoms with van der Waals surface area (Å²) in [5.74, 6) is 2.48. The van der Waals surface area contributed by atoms with Gasteiger partial charge in [0.15, 0.2) is 11.6 Å². The Morgan fingerprint density at radius 2 is 2.12 bits per heavy atom. The van der Waals surface area contributed by atoms with Crippen LogP contribution in [0.1, 0.15) is 35.6 Å². The van der Waals surface area contributed by atoms with Crippen LogP contribution in [0.15, 0.2) is 24.5 Å². The number of nitrogens with zero attached hydrogens (tertiary/aromatic N) is 4. The SMILES string of the molecule is Cc1ncc(C(=O)N2CC[C@H](Oc3cccnc3N3CCCC3)C2)[nH]1. The maximum absolute atomic E-state index is 12.5. The van der Waals surface area contributed by atoms with Crippen LogP contribution in [-0.4, -0.2) is 58.0 Å². The number of nitrogens with one attached hydrogen (secondary N) is 1. The van der Waals surface area contributed by atoms with E-state index < -0.39 is 0 Å². The minimum atomic E-state index is -0.0161. The van der Waals surface area contributed by atoms with Crippen molar-refractivity contribution in [2.24, 2.45) is 0 Å². The van der Waals surface area contributed by atoms with Gasteiger partial charge in [0.1, 0.15) is 17.6 Å². The number of H-pyrrole nitrogens is 1. The number of hydrogen-bond acceptors (Lipinski definition) is 5. The number of pyridine rings is 1. The molecule has 0 radical (unpaired) electrons. The fourth-order valence-electron chi connectivity index (χ4n) is 3.53. The van der Waals surface area contributed by atoms with Crippen LogP contribution >= 0.6 is 0 Å². The molecule has 2 fully saturated rings. The van der Waals surface area contributed by atoms with Crippen LogP contribution in [-0.2, 0) is 0 Å². The first kappa shape index (κ1) is 15.9. The number of likely N-dealkylation sites (tertiary alicyclic amines) is 1. The first-order valence-electron chi connectivity index (χ1n) is 8.88. The zero-order valence-electron chi connectivity index (χ0n) is 14.4. The van der Waals surface area contributed by atoms with Crippen LogP contribution in [0.4, 0.5) is 5.82 Å². The van der Waals surface area contributed by atoms with Crippen molar-refractivity contribution in [2.45, 2.75) is 32.3 Å². The van der Waals surface area contributed by atoms with E-state index in [-0.39, 0.29) is 12.0 Å². The van der Waals surface area contributed by atoms with E-state index in [1.54, 1.807) is 6.20 Å². The van der Waals surface area contributed by atoms with Gasteiger partial charge in [-0.3, -0.25) is 4.79 Å². The molecule has 1 amide bonds. The lowest BCUT2D eigenvalue weighted by Crippen LogP contribution is -2.31. The first-order valence-corrected chi connectivity index (χ1v) is 8.88. The summed E-state index contributed by atoms with van der Waals surface area (Å²) in [5.41, 5.74) is 0.539. The Morgan fingerprint density at radius 1 is 1.28 bits per heavy atom. The minimum Gasteiger partial charge on any atom is -0.485 e. The molecule has 7 heteroatoms. The van der Waals surface area contributed by atoms with Crippen molar-refractivity contribution in [3.63, 3.8) is 0 Å². The van der Waals surface area contributed by atoms with E-state index in [9.17, 15) is 4.79 Å². The number of aryl methyl sites for hydroxylation is 1. The highest BCUT2D eigenvalue weighted by atomic mass is 16.5. The number of carbonyl (C=O) groups is 1. The smallest absolute Gasteiger partial charge is 0.272 e. The average Bonchev–Trinajstić information content (AvgIpc) is 3.36. The number of ether oxygens (including phenoxy) is 1. The van der Waals surface area contributed by atoms with Gasteiger partial charge in [-0.05, 0) is 31.9 Å². The van der Waals surface area contributed by atoms with Gasteiger partial charge in [0, 0.05) is 32.3 Å². The molecule has 1 N–H and O–H groups in total. The molecule has 0 unspecified atom stereocenters. The van der Waals surface area contributed by atoms with Gasteiger partial charge in [-0.25, -0.2) is 9.97 Å². The van der Waals surface area contributed by atoms with Crippen LogP contribution in [0.2, 0.25) is 0 Å². The second kappa shape index (κ2) is 6.74. The number of aromatic amines is 1. The van der Waals surface area contributed by atoms with Crippen molar-refractivity contribution in [1.82, 2.24) is 19.9 Å². The van der Waals surface area contributed by atoms with Crippen LogP contribution in [0.25, 0.3) is 0 Å². The summed E-state index contributed by atoms with van der Waals surface area (Å²) in [5, 5.41) is 0. The number of carbonyl (C=O) groups excluding carboxylic acids is 1. The lowest BCUT2D eigenvalue weighted by Gasteiger charge is -2.22. The summed E-state index contributed by atoms with van der Waals surface area (Å²) in [6, 6.07) is 3.88. The number of aromatic nitrogens is 3. The number of amides is 1. The van der Waals surface area contributed by atoms with Gasteiger partial charge in [-0.15, -0.1) is 0 Å². The lowest BCUT2D eigenvalue weighted by molar-refractivity contribution is 0.0767. The fraction of sp³-hybridized carbons (Fsp3) is 0.500. The van der Waals surface area contributed by atoms with Crippen LogP contribution < -0.4 is 9.64 Å². The second-order valence-corrected chi connectivity index (χ2v) is 6.68. The summed E-state index contributed by atoms with van der Waals surface area (Å²) >= 11 is 0. The molecule has 132 valence electrons. The van der Waals surface area contributed by atoms with Gasteiger partial charge < -0.3 is 19.5 Å². The summed E-state index contributed by atoms with van der Waals surface area (Å²) in [6.07, 6.45) is 6.63. The molecule has 2 aromatic heterocycles. The molecule has 2 aliphatic heterocycles. The molecule has 25 heavy (non-hydrogen) atoms. The van der Waals surface area contributed by atoms with Gasteiger partial charge in [0.05, 0.1) is 12.7 Å². The standard InChI is InChI=1S/C18H23N5O2/c1-13-20-11-15(21-13)18(24)23-10-6-14(12-23)25-16-5-4-7-19-17(16)22-8-2-3-9-22/h4-5,7,11,14H,2-3,6,8-10,12H2,1H3,(H,20,21)/t14-/m0/s1. The molecule has 4 heterocycles. The monoisotopic (exact) mass is 341 g/mol. The second-order valence-electron chi connectivity index (χ2n) is 6.68. The van der Waals surface area contributed by atoms with Gasteiger partial charge >= 0.3 is 0 Å². The third-order valence-corrected chi connectivity index (χ3v) is 4.82. The van der Waals surface area contributed by atoms with E-state index >= 15 is 0 Å². The van der Waals surface area contributed by atoms with E-state index in [0.717, 1.165) is 36.9 Å². The Labute approximate surface area is 147 Å². The quantitative estimate of drug-likeness (QED) is 0.921. The Kier molecular flexibility index (Phi) is 4.29. The van der Waals surface area contributed by atoms with Gasteiger partial charge in [-0.2, -0.15) is 0 Å². The summed E-state index contributed by atoms with van der Waals surface area (Å²) in [7, 11) is 0. The fourth-order valence-corrected chi connectivity index (χ4v) is 3.53. The van der Waals surface area contributed by atoms with Gasteiger partial charge in [0.2, 0.25) is 0 Å². The average molecular weight is 341 g/mol. The maximum Gasteiger partial charge on any atom is 0.272 e. The van der Waals surface area contributed by atoms with E-state index in [1.807, 2.05) is 30.2 Å². The summed E-state index contributed by atoms with van der Waals surface area (Å²) < 4.78 is 6.22. The zero-order chi connectivity index (χ0) is 17.2. The largest absolute Gasteiger partial charge is 0.485 e. The third kappa shape index (κ3) is 3.31. The molecule has 2 saturated heterocycles. The van der Waals surface area contributed by atoms with E-state index in [0.29, 0.717) is 18.8 Å². The highest BCUT2D eigenvalue weighted by Crippen LogP contribution is 2.30. The molecule has 4 rings (SSSR count). The van der Waals surface area contributed by atoms with Crippen LogP contribution in [0, 0.1) is 6.92 Å². The van der Waals surface area contributed by atoms with E-state index in [2.05, 4.69) is 19.9 Å². The van der Waals surface area contributed by atoms with E-state index in [4.69, 9.17) is 4.74 Å². The molecular formula is C18H23N5O2. The third-order valence-electron chi connectivity index (χ3n) is 4.82. The number of hydrogen-bond donors (Lipinski definition) is 1. The molecule has 0 bridgehead atoms. The number of rotatable bonds is 4. The molecule has 2 aromatic rings. The Bertz CT molecular complexity index is 753.